The third kappa shape index (κ3) is 2.59. The molecule has 3 rings (SSSR count). The lowest BCUT2D eigenvalue weighted by Crippen LogP contribution is -2.43. The van der Waals surface area contributed by atoms with Crippen molar-refractivity contribution >= 4 is 17.7 Å². The van der Waals surface area contributed by atoms with Gasteiger partial charge in [0.2, 0.25) is 5.91 Å². The van der Waals surface area contributed by atoms with E-state index in [9.17, 15) is 4.79 Å². The standard InChI is InChI=1S/C16H22N2OS/c1-18(12-8-6-11(17)7-9-12)16(19)14-10-20-15-5-3-2-4-13(14)15/h2-5,11-12,14H,6-10,17H2,1H3. The summed E-state index contributed by atoms with van der Waals surface area (Å²) in [6.45, 7) is 0. The van der Waals surface area contributed by atoms with Crippen LogP contribution in [0.15, 0.2) is 29.2 Å². The summed E-state index contributed by atoms with van der Waals surface area (Å²) in [7, 11) is 1.97. The fourth-order valence-corrected chi connectivity index (χ4v) is 4.50. The van der Waals surface area contributed by atoms with Crippen LogP contribution in [-0.4, -0.2) is 35.7 Å². The minimum atomic E-state index is 0.0387. The molecule has 1 aliphatic heterocycles. The van der Waals surface area contributed by atoms with Crippen LogP contribution in [-0.2, 0) is 4.79 Å². The molecule has 1 saturated carbocycles. The Balaban J connectivity index is 1.70. The fraction of sp³-hybridized carbons (Fsp3) is 0.562. The van der Waals surface area contributed by atoms with E-state index >= 15 is 0 Å². The Hall–Kier alpha value is -1.00. The van der Waals surface area contributed by atoms with Crippen molar-refractivity contribution in [2.45, 2.75) is 48.6 Å². The number of nitrogens with two attached hydrogens (primary N) is 1. The van der Waals surface area contributed by atoms with E-state index in [1.165, 1.54) is 10.5 Å². The SMILES string of the molecule is CN(C(=O)C1CSc2ccccc21)C1CCC(N)CC1. The maximum absolute atomic E-state index is 12.8. The lowest BCUT2D eigenvalue weighted by Gasteiger charge is -2.34. The lowest BCUT2D eigenvalue weighted by atomic mass is 9.90. The second kappa shape index (κ2) is 5.78. The zero-order valence-electron chi connectivity index (χ0n) is 11.9. The van der Waals surface area contributed by atoms with E-state index < -0.39 is 0 Å². The number of fused-ring (bicyclic) bond motifs is 1. The Morgan fingerprint density at radius 2 is 1.95 bits per heavy atom. The molecule has 2 N–H and O–H groups in total. The molecule has 1 aromatic carbocycles. The summed E-state index contributed by atoms with van der Waals surface area (Å²) in [4.78, 5) is 16.0. The second-order valence-corrected chi connectivity index (χ2v) is 6.98. The van der Waals surface area contributed by atoms with Crippen LogP contribution in [0.2, 0.25) is 0 Å². The van der Waals surface area contributed by atoms with Gasteiger partial charge in [0.05, 0.1) is 5.92 Å². The van der Waals surface area contributed by atoms with Gasteiger partial charge in [-0.2, -0.15) is 0 Å². The van der Waals surface area contributed by atoms with Gasteiger partial charge < -0.3 is 10.6 Å². The van der Waals surface area contributed by atoms with Crippen LogP contribution in [0.25, 0.3) is 0 Å². The Kier molecular flexibility index (Phi) is 4.03. The molecule has 1 unspecified atom stereocenters. The maximum atomic E-state index is 12.8. The number of benzene rings is 1. The number of likely N-dealkylation sites (N-methyl/N-ethyl adjacent to an activating group) is 1. The smallest absolute Gasteiger partial charge is 0.230 e. The summed E-state index contributed by atoms with van der Waals surface area (Å²) in [6.07, 6.45) is 4.17. The topological polar surface area (TPSA) is 46.3 Å². The number of nitrogens with zero attached hydrogens (tertiary/aromatic N) is 1. The summed E-state index contributed by atoms with van der Waals surface area (Å²) in [6, 6.07) is 9.00. The molecule has 0 aromatic heterocycles. The molecule has 20 heavy (non-hydrogen) atoms. The molecule has 0 bridgehead atoms. The zero-order chi connectivity index (χ0) is 14.1. The molecular weight excluding hydrogens is 268 g/mol. The predicted molar refractivity (Wildman–Crippen MR) is 82.9 cm³/mol. The van der Waals surface area contributed by atoms with Crippen molar-refractivity contribution in [3.05, 3.63) is 29.8 Å². The number of carbonyl (C=O) groups is 1. The first-order chi connectivity index (χ1) is 9.66. The van der Waals surface area contributed by atoms with Crippen LogP contribution in [0.3, 0.4) is 0 Å². The first-order valence-corrected chi connectivity index (χ1v) is 8.39. The molecule has 3 nitrogen and oxygen atoms in total. The average Bonchev–Trinajstić information content (AvgIpc) is 2.90. The van der Waals surface area contributed by atoms with E-state index in [1.54, 1.807) is 11.8 Å². The van der Waals surface area contributed by atoms with Gasteiger partial charge in [-0.25, -0.2) is 0 Å². The van der Waals surface area contributed by atoms with Gasteiger partial charge >= 0.3 is 0 Å². The van der Waals surface area contributed by atoms with Crippen molar-refractivity contribution in [1.29, 1.82) is 0 Å². The van der Waals surface area contributed by atoms with Gasteiger partial charge in [0.15, 0.2) is 0 Å². The third-order valence-corrected chi connectivity index (χ3v) is 5.82. The molecule has 1 atom stereocenters. The molecule has 1 amide bonds. The van der Waals surface area contributed by atoms with E-state index in [1.807, 2.05) is 24.1 Å². The molecule has 1 aromatic rings. The fourth-order valence-electron chi connectivity index (χ4n) is 3.28. The minimum Gasteiger partial charge on any atom is -0.342 e. The highest BCUT2D eigenvalue weighted by Crippen LogP contribution is 2.40. The van der Waals surface area contributed by atoms with E-state index in [2.05, 4.69) is 12.1 Å². The summed E-state index contributed by atoms with van der Waals surface area (Å²) in [5.41, 5.74) is 7.16. The van der Waals surface area contributed by atoms with Crippen LogP contribution < -0.4 is 5.73 Å². The number of hydrogen-bond acceptors (Lipinski definition) is 3. The highest BCUT2D eigenvalue weighted by atomic mass is 32.2. The highest BCUT2D eigenvalue weighted by molar-refractivity contribution is 7.99. The third-order valence-electron chi connectivity index (χ3n) is 4.63. The van der Waals surface area contributed by atoms with Gasteiger partial charge in [0.1, 0.15) is 0 Å². The Morgan fingerprint density at radius 1 is 1.25 bits per heavy atom. The summed E-state index contributed by atoms with van der Waals surface area (Å²) < 4.78 is 0. The van der Waals surface area contributed by atoms with Gasteiger partial charge in [-0.15, -0.1) is 11.8 Å². The molecule has 0 saturated heterocycles. The Morgan fingerprint density at radius 3 is 2.70 bits per heavy atom. The van der Waals surface area contributed by atoms with Crippen molar-refractivity contribution in [3.63, 3.8) is 0 Å². The maximum Gasteiger partial charge on any atom is 0.230 e. The van der Waals surface area contributed by atoms with Crippen LogP contribution in [0.5, 0.6) is 0 Å². The minimum absolute atomic E-state index is 0.0387. The van der Waals surface area contributed by atoms with Gasteiger partial charge in [0.25, 0.3) is 0 Å². The summed E-state index contributed by atoms with van der Waals surface area (Å²) in [5, 5.41) is 0. The number of carbonyl (C=O) groups excluding carboxylic acids is 1. The van der Waals surface area contributed by atoms with Crippen molar-refractivity contribution in [3.8, 4) is 0 Å². The predicted octanol–water partition coefficient (Wildman–Crippen LogP) is 2.60. The molecule has 1 heterocycles. The molecule has 108 valence electrons. The normalized spacial score (nSPS) is 29.0. The number of thioether (sulfide) groups is 1. The van der Waals surface area contributed by atoms with Gasteiger partial charge in [-0.1, -0.05) is 18.2 Å². The molecule has 1 fully saturated rings. The Bertz CT molecular complexity index is 497. The van der Waals surface area contributed by atoms with Crippen LogP contribution in [0.4, 0.5) is 0 Å². The zero-order valence-corrected chi connectivity index (χ0v) is 12.7. The average molecular weight is 290 g/mol. The van der Waals surface area contributed by atoms with Gasteiger partial charge in [0, 0.05) is 29.8 Å². The number of amides is 1. The van der Waals surface area contributed by atoms with Gasteiger partial charge in [-0.05, 0) is 37.3 Å². The lowest BCUT2D eigenvalue weighted by molar-refractivity contribution is -0.133. The summed E-state index contributed by atoms with van der Waals surface area (Å²) in [5.74, 6) is 1.20. The largest absolute Gasteiger partial charge is 0.342 e. The van der Waals surface area contributed by atoms with Crippen molar-refractivity contribution in [1.82, 2.24) is 4.90 Å². The van der Waals surface area contributed by atoms with Crippen LogP contribution in [0, 0.1) is 0 Å². The van der Waals surface area contributed by atoms with Crippen LogP contribution >= 0.6 is 11.8 Å². The molecule has 1 aliphatic carbocycles. The number of rotatable bonds is 2. The van der Waals surface area contributed by atoms with E-state index in [-0.39, 0.29) is 11.8 Å². The quantitative estimate of drug-likeness (QED) is 0.910. The first kappa shape index (κ1) is 14.0. The van der Waals surface area contributed by atoms with Crippen molar-refractivity contribution in [2.24, 2.45) is 5.73 Å². The van der Waals surface area contributed by atoms with E-state index in [4.69, 9.17) is 5.73 Å². The van der Waals surface area contributed by atoms with E-state index in [0.717, 1.165) is 31.4 Å². The molecule has 4 heteroatoms. The van der Waals surface area contributed by atoms with Gasteiger partial charge in [-0.3, -0.25) is 4.79 Å². The highest BCUT2D eigenvalue weighted by Gasteiger charge is 2.34. The van der Waals surface area contributed by atoms with Crippen molar-refractivity contribution < 1.29 is 4.79 Å². The molecular formula is C16H22N2OS. The molecule has 0 radical (unpaired) electrons. The first-order valence-electron chi connectivity index (χ1n) is 7.41. The molecule has 0 spiro atoms. The summed E-state index contributed by atoms with van der Waals surface area (Å²) >= 11 is 1.80. The van der Waals surface area contributed by atoms with Crippen molar-refractivity contribution in [2.75, 3.05) is 12.8 Å². The number of hydrogen-bond donors (Lipinski definition) is 1. The van der Waals surface area contributed by atoms with E-state index in [0.29, 0.717) is 12.1 Å². The molecule has 2 aliphatic rings. The second-order valence-electron chi connectivity index (χ2n) is 5.92. The van der Waals surface area contributed by atoms with Crippen LogP contribution in [0.1, 0.15) is 37.2 Å². The Labute approximate surface area is 124 Å². The monoisotopic (exact) mass is 290 g/mol.